The van der Waals surface area contributed by atoms with Crippen LogP contribution in [-0.4, -0.2) is 58.7 Å². The third kappa shape index (κ3) is 3.79. The quantitative estimate of drug-likeness (QED) is 0.358. The summed E-state index contributed by atoms with van der Waals surface area (Å²) in [5.41, 5.74) is 1.29. The van der Waals surface area contributed by atoms with E-state index in [2.05, 4.69) is 24.9 Å². The molecule has 0 spiro atoms. The molecule has 12 nitrogen and oxygen atoms in total. The topological polar surface area (TPSA) is 157 Å². The van der Waals surface area contributed by atoms with Crippen LogP contribution in [0.5, 0.6) is 17.4 Å². The first-order valence-electron chi connectivity index (χ1n) is 10.9. The number of imidazole rings is 1. The molecule has 0 aromatic carbocycles. The Hall–Kier alpha value is -3.55. The highest BCUT2D eigenvalue weighted by Crippen LogP contribution is 2.53. The van der Waals surface area contributed by atoms with Crippen LogP contribution in [0.25, 0.3) is 28.5 Å². The van der Waals surface area contributed by atoms with Crippen molar-refractivity contribution in [2.75, 3.05) is 20.8 Å². The fourth-order valence-electron chi connectivity index (χ4n) is 4.02. The van der Waals surface area contributed by atoms with E-state index in [9.17, 15) is 8.42 Å². The van der Waals surface area contributed by atoms with E-state index in [0.29, 0.717) is 41.2 Å². The van der Waals surface area contributed by atoms with Gasteiger partial charge in [0, 0.05) is 6.07 Å². The summed E-state index contributed by atoms with van der Waals surface area (Å²) < 4.78 is 41.8. The number of sulfonamides is 1. The van der Waals surface area contributed by atoms with Gasteiger partial charge < -0.3 is 14.2 Å². The number of ether oxygens (including phenoxy) is 3. The number of methoxy groups -OCH3 is 2. The van der Waals surface area contributed by atoms with E-state index in [4.69, 9.17) is 31.0 Å². The lowest BCUT2D eigenvalue weighted by Gasteiger charge is -2.17. The molecule has 36 heavy (non-hydrogen) atoms. The zero-order valence-electron chi connectivity index (χ0n) is 19.6. The number of rotatable bonds is 8. The number of aromatic nitrogens is 6. The van der Waals surface area contributed by atoms with Crippen molar-refractivity contribution in [3.05, 3.63) is 41.4 Å². The predicted octanol–water partition coefficient (Wildman–Crippen LogP) is 2.62. The number of primary sulfonamides is 1. The Bertz CT molecular complexity index is 1570. The molecule has 0 bridgehead atoms. The summed E-state index contributed by atoms with van der Waals surface area (Å²) >= 11 is 6.43. The minimum atomic E-state index is -4.00. The van der Waals surface area contributed by atoms with Gasteiger partial charge in [-0.3, -0.25) is 9.55 Å². The van der Waals surface area contributed by atoms with Crippen LogP contribution in [0.1, 0.15) is 25.5 Å². The lowest BCUT2D eigenvalue weighted by molar-refractivity contribution is 0.327. The molecule has 0 unspecified atom stereocenters. The Balaban J connectivity index is 1.88. The Labute approximate surface area is 211 Å². The minimum Gasteiger partial charge on any atom is -0.493 e. The molecule has 1 aliphatic carbocycles. The second-order valence-electron chi connectivity index (χ2n) is 8.01. The molecular weight excluding hydrogens is 510 g/mol. The number of hydrogen-bond donors (Lipinski definition) is 1. The number of pyridine rings is 2. The molecular formula is C22H22ClN7O5S. The molecule has 4 heterocycles. The summed E-state index contributed by atoms with van der Waals surface area (Å²) in [7, 11) is -1.03. The van der Waals surface area contributed by atoms with Gasteiger partial charge >= 0.3 is 0 Å². The first-order chi connectivity index (χ1) is 17.2. The van der Waals surface area contributed by atoms with Crippen LogP contribution in [0.2, 0.25) is 5.15 Å². The molecule has 0 aliphatic heterocycles. The zero-order chi connectivity index (χ0) is 25.7. The SMILES string of the molecule is CCOc1cccc(-c2nc3nc(Cl)c(C4(S(N)(=O)=O)CC4)nc3n2-c2c(OC)cncc2OC)n1. The molecule has 0 radical (unpaired) electrons. The highest BCUT2D eigenvalue weighted by Gasteiger charge is 2.57. The van der Waals surface area contributed by atoms with Gasteiger partial charge in [0.15, 0.2) is 33.8 Å². The maximum Gasteiger partial charge on any atom is 0.220 e. The second-order valence-corrected chi connectivity index (χ2v) is 10.2. The fourth-order valence-corrected chi connectivity index (χ4v) is 5.46. The lowest BCUT2D eigenvalue weighted by Crippen LogP contribution is -2.30. The van der Waals surface area contributed by atoms with Gasteiger partial charge in [0.05, 0.1) is 33.2 Å². The number of nitrogens with zero attached hydrogens (tertiary/aromatic N) is 6. The molecule has 1 fully saturated rings. The Morgan fingerprint density at radius 2 is 1.78 bits per heavy atom. The van der Waals surface area contributed by atoms with E-state index in [1.807, 2.05) is 6.92 Å². The van der Waals surface area contributed by atoms with Crippen molar-refractivity contribution in [3.8, 4) is 34.6 Å². The van der Waals surface area contributed by atoms with Crippen LogP contribution in [-0.2, 0) is 14.8 Å². The highest BCUT2D eigenvalue weighted by molar-refractivity contribution is 7.90. The van der Waals surface area contributed by atoms with Crippen LogP contribution < -0.4 is 19.3 Å². The minimum absolute atomic E-state index is 0.0647. The average Bonchev–Trinajstić information content (AvgIpc) is 3.60. The molecule has 4 aromatic rings. The Kier molecular flexibility index (Phi) is 5.93. The van der Waals surface area contributed by atoms with Crippen molar-refractivity contribution in [3.63, 3.8) is 0 Å². The standard InChI is InChI=1S/C22H22ClN7O5S/c1-4-35-15-7-5-6-12(26-15)20-29-19-21(30(20)16-13(33-2)10-25-11-14(16)34-3)27-17(18(23)28-19)22(8-9-22)36(24,31)32/h5-7,10-11H,4,8-9H2,1-3H3,(H2,24,31,32). The van der Waals surface area contributed by atoms with Crippen LogP contribution >= 0.6 is 11.6 Å². The molecule has 4 aromatic heterocycles. The van der Waals surface area contributed by atoms with Gasteiger partial charge in [0.2, 0.25) is 15.9 Å². The molecule has 2 N–H and O–H groups in total. The molecule has 0 saturated heterocycles. The van der Waals surface area contributed by atoms with E-state index in [0.717, 1.165) is 0 Å². The van der Waals surface area contributed by atoms with Gasteiger partial charge in [-0.15, -0.1) is 0 Å². The van der Waals surface area contributed by atoms with E-state index in [1.54, 1.807) is 22.8 Å². The largest absolute Gasteiger partial charge is 0.493 e. The van der Waals surface area contributed by atoms with Gasteiger partial charge in [0.1, 0.15) is 21.8 Å². The molecule has 5 rings (SSSR count). The van der Waals surface area contributed by atoms with E-state index < -0.39 is 14.8 Å². The maximum absolute atomic E-state index is 12.4. The third-order valence-corrected chi connectivity index (χ3v) is 7.85. The van der Waals surface area contributed by atoms with Crippen molar-refractivity contribution >= 4 is 32.9 Å². The van der Waals surface area contributed by atoms with Crippen molar-refractivity contribution < 1.29 is 22.6 Å². The molecule has 188 valence electrons. The van der Waals surface area contributed by atoms with Crippen molar-refractivity contribution in [2.24, 2.45) is 5.14 Å². The van der Waals surface area contributed by atoms with Crippen LogP contribution in [0.3, 0.4) is 0 Å². The maximum atomic E-state index is 12.4. The number of nitrogens with two attached hydrogens (primary N) is 1. The van der Waals surface area contributed by atoms with Crippen LogP contribution in [0, 0.1) is 0 Å². The smallest absolute Gasteiger partial charge is 0.220 e. The first kappa shape index (κ1) is 24.2. The van der Waals surface area contributed by atoms with E-state index in [-0.39, 0.29) is 35.0 Å². The summed E-state index contributed by atoms with van der Waals surface area (Å²) in [5, 5.41) is 5.47. The third-order valence-electron chi connectivity index (χ3n) is 5.89. The van der Waals surface area contributed by atoms with Gasteiger partial charge in [-0.2, -0.15) is 0 Å². The number of hydrogen-bond acceptors (Lipinski definition) is 10. The predicted molar refractivity (Wildman–Crippen MR) is 131 cm³/mol. The van der Waals surface area contributed by atoms with Gasteiger partial charge in [-0.25, -0.2) is 33.5 Å². The van der Waals surface area contributed by atoms with Gasteiger partial charge in [0.25, 0.3) is 0 Å². The van der Waals surface area contributed by atoms with Gasteiger partial charge in [-0.05, 0) is 25.8 Å². The molecule has 0 amide bonds. The Morgan fingerprint density at radius 3 is 2.36 bits per heavy atom. The van der Waals surface area contributed by atoms with Crippen molar-refractivity contribution in [2.45, 2.75) is 24.5 Å². The normalized spacial score (nSPS) is 14.6. The monoisotopic (exact) mass is 531 g/mol. The first-order valence-corrected chi connectivity index (χ1v) is 12.8. The van der Waals surface area contributed by atoms with Crippen LogP contribution in [0.4, 0.5) is 0 Å². The summed E-state index contributed by atoms with van der Waals surface area (Å²) in [6.07, 6.45) is 3.59. The number of fused-ring (bicyclic) bond motifs is 1. The number of halogens is 1. The lowest BCUT2D eigenvalue weighted by atomic mass is 10.3. The van der Waals surface area contributed by atoms with E-state index in [1.165, 1.54) is 26.6 Å². The molecule has 1 saturated carbocycles. The Morgan fingerprint density at radius 1 is 1.08 bits per heavy atom. The van der Waals surface area contributed by atoms with Crippen molar-refractivity contribution in [1.82, 2.24) is 29.5 Å². The fraction of sp³-hybridized carbons (Fsp3) is 0.318. The summed E-state index contributed by atoms with van der Waals surface area (Å²) in [5.74, 6) is 1.42. The van der Waals surface area contributed by atoms with Crippen molar-refractivity contribution in [1.29, 1.82) is 0 Å². The molecule has 1 aliphatic rings. The van der Waals surface area contributed by atoms with Gasteiger partial charge in [-0.1, -0.05) is 17.7 Å². The summed E-state index contributed by atoms with van der Waals surface area (Å²) in [6, 6.07) is 5.25. The van der Waals surface area contributed by atoms with Crippen LogP contribution in [0.15, 0.2) is 30.6 Å². The zero-order valence-corrected chi connectivity index (χ0v) is 21.2. The highest BCUT2D eigenvalue weighted by atomic mass is 35.5. The molecule has 0 atom stereocenters. The summed E-state index contributed by atoms with van der Waals surface area (Å²) in [4.78, 5) is 22.4. The summed E-state index contributed by atoms with van der Waals surface area (Å²) in [6.45, 7) is 2.28. The van der Waals surface area contributed by atoms with E-state index >= 15 is 0 Å². The molecule has 14 heteroatoms. The second kappa shape index (κ2) is 8.84. The average molecular weight is 532 g/mol.